The third-order valence-corrected chi connectivity index (χ3v) is 6.58. The molecule has 0 saturated heterocycles. The van der Waals surface area contributed by atoms with Crippen LogP contribution in [0.15, 0.2) is 41.3 Å². The minimum absolute atomic E-state index is 0.0199. The van der Waals surface area contributed by atoms with Gasteiger partial charge in [0, 0.05) is 12.1 Å². The lowest BCUT2D eigenvalue weighted by Gasteiger charge is -2.25. The first-order chi connectivity index (χ1) is 10.9. The van der Waals surface area contributed by atoms with Crippen LogP contribution in [-0.2, 0) is 16.4 Å². The van der Waals surface area contributed by atoms with E-state index in [2.05, 4.69) is 0 Å². The third-order valence-electron chi connectivity index (χ3n) is 3.89. The summed E-state index contributed by atoms with van der Waals surface area (Å²) in [7, 11) is -2.37. The molecule has 1 heterocycles. The van der Waals surface area contributed by atoms with Gasteiger partial charge in [-0.2, -0.15) is 0 Å². The number of fused-ring (bicyclic) bond motifs is 1. The Labute approximate surface area is 145 Å². The van der Waals surface area contributed by atoms with Crippen molar-refractivity contribution in [1.82, 2.24) is 0 Å². The highest BCUT2D eigenvalue weighted by Gasteiger charge is 2.37. The van der Waals surface area contributed by atoms with Gasteiger partial charge in [-0.3, -0.25) is 4.31 Å². The summed E-state index contributed by atoms with van der Waals surface area (Å²) < 4.78 is 32.7. The summed E-state index contributed by atoms with van der Waals surface area (Å²) in [6, 6.07) is 10.0. The van der Waals surface area contributed by atoms with Gasteiger partial charge < -0.3 is 4.74 Å². The minimum atomic E-state index is -3.82. The van der Waals surface area contributed by atoms with E-state index >= 15 is 0 Å². The maximum absolute atomic E-state index is 13.1. The molecular weight excluding hydrogens is 357 g/mol. The van der Waals surface area contributed by atoms with Crippen molar-refractivity contribution in [2.24, 2.45) is 0 Å². The molecule has 1 atom stereocenters. The van der Waals surface area contributed by atoms with E-state index < -0.39 is 10.0 Å². The summed E-state index contributed by atoms with van der Waals surface area (Å²) in [5.74, 6) is 0.338. The molecule has 0 spiro atoms. The summed E-state index contributed by atoms with van der Waals surface area (Å²) in [5, 5.41) is 0.290. The highest BCUT2D eigenvalue weighted by atomic mass is 35.5. The molecule has 0 unspecified atom stereocenters. The van der Waals surface area contributed by atoms with Crippen LogP contribution in [0.4, 0.5) is 5.69 Å². The first kappa shape index (κ1) is 16.4. The van der Waals surface area contributed by atoms with Crippen molar-refractivity contribution in [2.45, 2.75) is 24.3 Å². The van der Waals surface area contributed by atoms with Gasteiger partial charge in [0.15, 0.2) is 0 Å². The monoisotopic (exact) mass is 371 g/mol. The number of ether oxygens (including phenoxy) is 1. The van der Waals surface area contributed by atoms with Gasteiger partial charge in [-0.1, -0.05) is 41.4 Å². The summed E-state index contributed by atoms with van der Waals surface area (Å²) in [5.41, 5.74) is 1.68. The molecule has 0 amide bonds. The highest BCUT2D eigenvalue weighted by molar-refractivity contribution is 7.93. The average molecular weight is 372 g/mol. The van der Waals surface area contributed by atoms with Gasteiger partial charge in [0.2, 0.25) is 0 Å². The van der Waals surface area contributed by atoms with Gasteiger partial charge in [-0.05, 0) is 31.0 Å². The molecule has 23 heavy (non-hydrogen) atoms. The normalized spacial score (nSPS) is 17.2. The van der Waals surface area contributed by atoms with Crippen LogP contribution in [0.1, 0.15) is 12.5 Å². The second-order valence-electron chi connectivity index (χ2n) is 5.40. The fourth-order valence-electron chi connectivity index (χ4n) is 2.87. The molecule has 0 bridgehead atoms. The van der Waals surface area contributed by atoms with Crippen molar-refractivity contribution in [2.75, 3.05) is 11.4 Å². The highest BCUT2D eigenvalue weighted by Crippen LogP contribution is 2.40. The van der Waals surface area contributed by atoms with Crippen molar-refractivity contribution < 1.29 is 13.2 Å². The van der Waals surface area contributed by atoms with E-state index in [1.807, 2.05) is 25.1 Å². The Kier molecular flexibility index (Phi) is 4.21. The number of sulfonamides is 1. The molecule has 0 saturated carbocycles. The Hall–Kier alpha value is -1.43. The van der Waals surface area contributed by atoms with Crippen molar-refractivity contribution in [3.05, 3.63) is 52.0 Å². The van der Waals surface area contributed by atoms with E-state index in [-0.39, 0.29) is 21.0 Å². The molecule has 2 aromatic carbocycles. The van der Waals surface area contributed by atoms with Gasteiger partial charge in [0.1, 0.15) is 10.6 Å². The Morgan fingerprint density at radius 2 is 1.87 bits per heavy atom. The molecule has 0 aromatic heterocycles. The molecule has 0 N–H and O–H groups in total. The maximum Gasteiger partial charge on any atom is 0.266 e. The lowest BCUT2D eigenvalue weighted by molar-refractivity contribution is 0.414. The molecular formula is C16H15Cl2NO3S. The molecule has 1 aliphatic rings. The number of hydrogen-bond donors (Lipinski definition) is 0. The van der Waals surface area contributed by atoms with E-state index in [0.29, 0.717) is 17.9 Å². The van der Waals surface area contributed by atoms with Crippen molar-refractivity contribution >= 4 is 38.9 Å². The van der Waals surface area contributed by atoms with Gasteiger partial charge in [-0.25, -0.2) is 8.42 Å². The zero-order valence-electron chi connectivity index (χ0n) is 12.6. The van der Waals surface area contributed by atoms with Gasteiger partial charge in [-0.15, -0.1) is 0 Å². The topological polar surface area (TPSA) is 46.6 Å². The summed E-state index contributed by atoms with van der Waals surface area (Å²) in [6.07, 6.45) is 0.664. The molecule has 1 aliphatic heterocycles. The van der Waals surface area contributed by atoms with Crippen LogP contribution in [0.25, 0.3) is 0 Å². The summed E-state index contributed by atoms with van der Waals surface area (Å²) in [4.78, 5) is -0.0199. The average Bonchev–Trinajstić information content (AvgIpc) is 2.85. The molecule has 4 nitrogen and oxygen atoms in total. The third kappa shape index (κ3) is 2.67. The molecule has 3 rings (SSSR count). The van der Waals surface area contributed by atoms with Crippen LogP contribution in [0, 0.1) is 0 Å². The van der Waals surface area contributed by atoms with Gasteiger partial charge in [0.25, 0.3) is 10.0 Å². The predicted molar refractivity (Wildman–Crippen MR) is 92.3 cm³/mol. The number of halogens is 2. The number of anilines is 1. The lowest BCUT2D eigenvalue weighted by Crippen LogP contribution is -2.35. The molecule has 122 valence electrons. The van der Waals surface area contributed by atoms with Crippen LogP contribution in [0.2, 0.25) is 10.0 Å². The predicted octanol–water partition coefficient (Wildman–Crippen LogP) is 4.14. The molecule has 7 heteroatoms. The number of hydrogen-bond acceptors (Lipinski definition) is 3. The first-order valence-electron chi connectivity index (χ1n) is 7.01. The van der Waals surface area contributed by atoms with E-state index in [1.165, 1.54) is 23.5 Å². The number of para-hydroxylation sites is 1. The SMILES string of the molecule is COc1cc(Cl)c(S(=O)(=O)N2c3ccccc3C[C@@H]2C)cc1Cl. The Bertz CT molecular complexity index is 868. The fourth-order valence-corrected chi connectivity index (χ4v) is 5.39. The van der Waals surface area contributed by atoms with Crippen molar-refractivity contribution in [1.29, 1.82) is 0 Å². The number of rotatable bonds is 3. The Balaban J connectivity index is 2.15. The summed E-state index contributed by atoms with van der Waals surface area (Å²) in [6.45, 7) is 1.87. The van der Waals surface area contributed by atoms with E-state index in [9.17, 15) is 8.42 Å². The molecule has 2 aromatic rings. The maximum atomic E-state index is 13.1. The smallest absolute Gasteiger partial charge is 0.266 e. The van der Waals surface area contributed by atoms with E-state index in [1.54, 1.807) is 6.07 Å². The molecule has 0 radical (unpaired) electrons. The Morgan fingerprint density at radius 1 is 1.17 bits per heavy atom. The van der Waals surface area contributed by atoms with Crippen LogP contribution in [0.3, 0.4) is 0 Å². The first-order valence-corrected chi connectivity index (χ1v) is 9.21. The zero-order chi connectivity index (χ0) is 16.8. The van der Waals surface area contributed by atoms with Crippen LogP contribution >= 0.6 is 23.2 Å². The Morgan fingerprint density at radius 3 is 2.57 bits per heavy atom. The second-order valence-corrected chi connectivity index (χ2v) is 8.00. The largest absolute Gasteiger partial charge is 0.495 e. The molecule has 0 aliphatic carbocycles. The number of benzene rings is 2. The number of nitrogens with zero attached hydrogens (tertiary/aromatic N) is 1. The lowest BCUT2D eigenvalue weighted by atomic mass is 10.1. The van der Waals surface area contributed by atoms with Crippen molar-refractivity contribution in [3.8, 4) is 5.75 Å². The molecule has 0 fully saturated rings. The zero-order valence-corrected chi connectivity index (χ0v) is 14.9. The van der Waals surface area contributed by atoms with Gasteiger partial charge in [0.05, 0.1) is 22.8 Å². The summed E-state index contributed by atoms with van der Waals surface area (Å²) >= 11 is 12.3. The number of methoxy groups -OCH3 is 1. The van der Waals surface area contributed by atoms with Crippen LogP contribution < -0.4 is 9.04 Å². The van der Waals surface area contributed by atoms with Crippen molar-refractivity contribution in [3.63, 3.8) is 0 Å². The van der Waals surface area contributed by atoms with Crippen LogP contribution in [-0.4, -0.2) is 21.6 Å². The standard InChI is InChI=1S/C16H15Cl2NO3S/c1-10-7-11-5-3-4-6-14(11)19(10)23(20,21)16-9-12(17)15(22-2)8-13(16)18/h3-6,8-10H,7H2,1-2H3/t10-/m0/s1. The van der Waals surface area contributed by atoms with Crippen LogP contribution in [0.5, 0.6) is 5.75 Å². The quantitative estimate of drug-likeness (QED) is 0.814. The minimum Gasteiger partial charge on any atom is -0.495 e. The van der Waals surface area contributed by atoms with E-state index in [0.717, 1.165) is 5.56 Å². The second kappa shape index (κ2) is 5.89. The van der Waals surface area contributed by atoms with E-state index in [4.69, 9.17) is 27.9 Å². The van der Waals surface area contributed by atoms with Gasteiger partial charge >= 0.3 is 0 Å². The fraction of sp³-hybridized carbons (Fsp3) is 0.250.